The normalized spacial score (nSPS) is 27.9. The van der Waals surface area contributed by atoms with Gasteiger partial charge in [-0.25, -0.2) is 0 Å². The fourth-order valence-electron chi connectivity index (χ4n) is 4.45. The molecule has 4 rings (SSSR count). The first-order valence-electron chi connectivity index (χ1n) is 9.15. The highest BCUT2D eigenvalue weighted by molar-refractivity contribution is 5.93. The maximum Gasteiger partial charge on any atom is 0.274 e. The van der Waals surface area contributed by atoms with Crippen molar-refractivity contribution in [3.8, 4) is 0 Å². The van der Waals surface area contributed by atoms with Crippen LogP contribution >= 0.6 is 0 Å². The van der Waals surface area contributed by atoms with Crippen LogP contribution in [0.15, 0.2) is 18.3 Å². The van der Waals surface area contributed by atoms with Crippen molar-refractivity contribution in [1.82, 2.24) is 20.0 Å². The van der Waals surface area contributed by atoms with Crippen LogP contribution in [0, 0.1) is 5.41 Å². The Bertz CT molecular complexity index is 647. The number of likely N-dealkylation sites (tertiary alicyclic amines) is 2. The molecule has 7 heteroatoms. The van der Waals surface area contributed by atoms with E-state index in [1.165, 1.54) is 0 Å². The van der Waals surface area contributed by atoms with E-state index in [2.05, 4.69) is 15.1 Å². The zero-order valence-corrected chi connectivity index (χ0v) is 14.4. The summed E-state index contributed by atoms with van der Waals surface area (Å²) in [6.45, 7) is 3.42. The first kappa shape index (κ1) is 16.4. The molecule has 3 fully saturated rings. The number of rotatable bonds is 2. The second-order valence-corrected chi connectivity index (χ2v) is 7.31. The number of carbonyl (C=O) groups excluding carboxylic acids is 2. The van der Waals surface area contributed by atoms with Crippen LogP contribution in [0.25, 0.3) is 0 Å². The van der Waals surface area contributed by atoms with Gasteiger partial charge in [-0.05, 0) is 44.2 Å². The Hall–Kier alpha value is -2.02. The van der Waals surface area contributed by atoms with Gasteiger partial charge >= 0.3 is 0 Å². The molecule has 0 N–H and O–H groups in total. The summed E-state index contributed by atoms with van der Waals surface area (Å²) in [5.74, 6) is 0.112. The first-order chi connectivity index (χ1) is 12.2. The van der Waals surface area contributed by atoms with Gasteiger partial charge < -0.3 is 14.5 Å². The highest BCUT2D eigenvalue weighted by atomic mass is 16.5. The van der Waals surface area contributed by atoms with E-state index in [9.17, 15) is 9.59 Å². The molecule has 134 valence electrons. The summed E-state index contributed by atoms with van der Waals surface area (Å²) < 4.78 is 5.44. The molecule has 0 unspecified atom stereocenters. The molecule has 0 saturated carbocycles. The van der Waals surface area contributed by atoms with Crippen molar-refractivity contribution in [3.63, 3.8) is 0 Å². The average molecular weight is 344 g/mol. The molecule has 4 heterocycles. The third-order valence-corrected chi connectivity index (χ3v) is 5.83. The minimum atomic E-state index is -0.408. The van der Waals surface area contributed by atoms with Crippen molar-refractivity contribution >= 4 is 11.8 Å². The molecule has 7 nitrogen and oxygen atoms in total. The van der Waals surface area contributed by atoms with Crippen LogP contribution in [0.1, 0.15) is 42.6 Å². The minimum absolute atomic E-state index is 0.124. The van der Waals surface area contributed by atoms with E-state index >= 15 is 0 Å². The van der Waals surface area contributed by atoms with Gasteiger partial charge in [0, 0.05) is 45.1 Å². The van der Waals surface area contributed by atoms with Crippen molar-refractivity contribution in [2.75, 3.05) is 32.8 Å². The smallest absolute Gasteiger partial charge is 0.274 e. The van der Waals surface area contributed by atoms with Gasteiger partial charge in [-0.2, -0.15) is 5.10 Å². The predicted octanol–water partition coefficient (Wildman–Crippen LogP) is 1.11. The van der Waals surface area contributed by atoms with Gasteiger partial charge in [-0.1, -0.05) is 0 Å². The third kappa shape index (κ3) is 3.01. The van der Waals surface area contributed by atoms with Crippen LogP contribution in [0.4, 0.5) is 0 Å². The average Bonchev–Trinajstić information content (AvgIpc) is 3.10. The lowest BCUT2D eigenvalue weighted by molar-refractivity contribution is -0.150. The maximum absolute atomic E-state index is 13.3. The van der Waals surface area contributed by atoms with Crippen molar-refractivity contribution < 1.29 is 14.3 Å². The molecule has 3 aliphatic heterocycles. The summed E-state index contributed by atoms with van der Waals surface area (Å²) in [6, 6.07) is 3.69. The van der Waals surface area contributed by atoms with Gasteiger partial charge in [0.05, 0.1) is 5.41 Å². The summed E-state index contributed by atoms with van der Waals surface area (Å²) in [4.78, 5) is 29.8. The van der Waals surface area contributed by atoms with E-state index < -0.39 is 5.41 Å². The van der Waals surface area contributed by atoms with Crippen LogP contribution in [0.5, 0.6) is 0 Å². The quantitative estimate of drug-likeness (QED) is 0.803. The third-order valence-electron chi connectivity index (χ3n) is 5.83. The molecule has 1 aromatic rings. The molecule has 0 aromatic carbocycles. The fourth-order valence-corrected chi connectivity index (χ4v) is 4.45. The summed E-state index contributed by atoms with van der Waals surface area (Å²) in [7, 11) is 0. The van der Waals surface area contributed by atoms with Gasteiger partial charge in [-0.15, -0.1) is 5.10 Å². The van der Waals surface area contributed by atoms with Gasteiger partial charge in [0.2, 0.25) is 5.91 Å². The summed E-state index contributed by atoms with van der Waals surface area (Å²) in [5, 5.41) is 7.70. The second-order valence-electron chi connectivity index (χ2n) is 7.31. The van der Waals surface area contributed by atoms with Gasteiger partial charge in [-0.3, -0.25) is 9.59 Å². The summed E-state index contributed by atoms with van der Waals surface area (Å²) in [5.41, 5.74) is -0.0573. The Labute approximate surface area is 147 Å². The molecule has 1 spiro atoms. The van der Waals surface area contributed by atoms with Gasteiger partial charge in [0.15, 0.2) is 5.69 Å². The van der Waals surface area contributed by atoms with E-state index in [0.29, 0.717) is 24.8 Å². The van der Waals surface area contributed by atoms with Gasteiger partial charge in [0.1, 0.15) is 0 Å². The van der Waals surface area contributed by atoms with E-state index in [4.69, 9.17) is 4.74 Å². The lowest BCUT2D eigenvalue weighted by Gasteiger charge is -2.44. The number of aromatic nitrogens is 2. The Morgan fingerprint density at radius 2 is 2.08 bits per heavy atom. The molecule has 1 aromatic heterocycles. The molecule has 2 amide bonds. The number of hydrogen-bond acceptors (Lipinski definition) is 5. The number of nitrogens with zero attached hydrogens (tertiary/aromatic N) is 4. The molecule has 1 atom stereocenters. The van der Waals surface area contributed by atoms with E-state index in [-0.39, 0.29) is 11.8 Å². The van der Waals surface area contributed by atoms with Crippen LogP contribution in [0.2, 0.25) is 0 Å². The standard InChI is InChI=1S/C18H24N4O3/c23-16(15-3-1-8-19-20-15)21-10-7-18(13-21)6-2-9-22(17(18)24)14-4-11-25-12-5-14/h1,3,8,14H,2,4-7,9-13H2/t18-/m1/s1. The molecule has 0 aliphatic carbocycles. The zero-order chi connectivity index (χ0) is 17.3. The Balaban J connectivity index is 1.48. The van der Waals surface area contributed by atoms with Crippen molar-refractivity contribution in [3.05, 3.63) is 24.0 Å². The van der Waals surface area contributed by atoms with Crippen LogP contribution in [-0.2, 0) is 9.53 Å². The first-order valence-corrected chi connectivity index (χ1v) is 9.15. The molecular formula is C18H24N4O3. The monoisotopic (exact) mass is 344 g/mol. The number of amides is 2. The SMILES string of the molecule is O=C(c1cccnn1)N1CC[C@]2(CCCN(C3CCOCC3)C2=O)C1. The van der Waals surface area contributed by atoms with E-state index in [0.717, 1.165) is 51.9 Å². The lowest BCUT2D eigenvalue weighted by atomic mass is 9.77. The summed E-state index contributed by atoms with van der Waals surface area (Å²) >= 11 is 0. The molecule has 0 bridgehead atoms. The number of ether oxygens (including phenoxy) is 1. The maximum atomic E-state index is 13.3. The van der Waals surface area contributed by atoms with Crippen molar-refractivity contribution in [2.24, 2.45) is 5.41 Å². The van der Waals surface area contributed by atoms with E-state index in [1.54, 1.807) is 23.2 Å². The topological polar surface area (TPSA) is 75.6 Å². The number of hydrogen-bond donors (Lipinski definition) is 0. The van der Waals surface area contributed by atoms with E-state index in [1.807, 2.05) is 0 Å². The van der Waals surface area contributed by atoms with Crippen molar-refractivity contribution in [2.45, 2.75) is 38.1 Å². The zero-order valence-electron chi connectivity index (χ0n) is 14.4. The summed E-state index contributed by atoms with van der Waals surface area (Å²) in [6.07, 6.45) is 6.02. The highest BCUT2D eigenvalue weighted by Crippen LogP contribution is 2.41. The highest BCUT2D eigenvalue weighted by Gasteiger charge is 2.50. The van der Waals surface area contributed by atoms with Crippen LogP contribution in [0.3, 0.4) is 0 Å². The minimum Gasteiger partial charge on any atom is -0.381 e. The molecule has 0 radical (unpaired) electrons. The lowest BCUT2D eigenvalue weighted by Crippen LogP contribution is -2.55. The van der Waals surface area contributed by atoms with Gasteiger partial charge in [0.25, 0.3) is 5.91 Å². The Morgan fingerprint density at radius 1 is 1.24 bits per heavy atom. The Kier molecular flexibility index (Phi) is 4.41. The molecule has 3 saturated heterocycles. The largest absolute Gasteiger partial charge is 0.381 e. The second kappa shape index (κ2) is 6.71. The number of carbonyl (C=O) groups is 2. The molecule has 25 heavy (non-hydrogen) atoms. The number of piperidine rings is 1. The molecule has 3 aliphatic rings. The van der Waals surface area contributed by atoms with Crippen LogP contribution in [-0.4, -0.2) is 70.7 Å². The predicted molar refractivity (Wildman–Crippen MR) is 89.8 cm³/mol. The van der Waals surface area contributed by atoms with Crippen LogP contribution < -0.4 is 0 Å². The fraction of sp³-hybridized carbons (Fsp3) is 0.667. The Morgan fingerprint density at radius 3 is 2.84 bits per heavy atom. The molecular weight excluding hydrogens is 320 g/mol. The van der Waals surface area contributed by atoms with Crippen molar-refractivity contribution in [1.29, 1.82) is 0 Å².